The second kappa shape index (κ2) is 5.54. The second-order valence-corrected chi connectivity index (χ2v) is 7.20. The van der Waals surface area contributed by atoms with Crippen molar-refractivity contribution < 1.29 is 17.6 Å². The van der Waals surface area contributed by atoms with Crippen LogP contribution in [-0.2, 0) is 9.05 Å². The van der Waals surface area contributed by atoms with Gasteiger partial charge in [0.1, 0.15) is 5.82 Å². The smallest absolute Gasteiger partial charge is 0.261 e. The Morgan fingerprint density at radius 3 is 2.60 bits per heavy atom. The number of nitrogens with zero attached hydrogens (tertiary/aromatic N) is 1. The summed E-state index contributed by atoms with van der Waals surface area (Å²) >= 11 is 0. The summed E-state index contributed by atoms with van der Waals surface area (Å²) in [5.74, 6) is -1.34. The fourth-order valence-corrected chi connectivity index (χ4v) is 2.71. The van der Waals surface area contributed by atoms with Crippen LogP contribution in [0.25, 0.3) is 0 Å². The minimum Gasteiger partial charge on any atom is -0.335 e. The van der Waals surface area contributed by atoms with Crippen LogP contribution in [0, 0.1) is 5.82 Å². The van der Waals surface area contributed by atoms with Crippen LogP contribution in [0.5, 0.6) is 0 Å². The number of halogens is 2. The molecule has 0 atom stereocenters. The van der Waals surface area contributed by atoms with Crippen molar-refractivity contribution in [1.82, 2.24) is 4.90 Å². The molecule has 1 aliphatic rings. The summed E-state index contributed by atoms with van der Waals surface area (Å²) in [4.78, 5) is 13.3. The molecule has 0 saturated heterocycles. The molecular weight excluding hydrogens is 305 g/mol. The lowest BCUT2D eigenvalue weighted by atomic mass is 10.1. The maximum Gasteiger partial charge on any atom is 0.261 e. The summed E-state index contributed by atoms with van der Waals surface area (Å²) in [5.41, 5.74) is 1.04. The first-order chi connectivity index (χ1) is 9.29. The SMILES string of the molecule is CC1=CCN(C(=O)c2ccc(S(=O)(=O)Cl)cc2F)CC1. The Kier molecular flexibility index (Phi) is 4.15. The van der Waals surface area contributed by atoms with E-state index < -0.39 is 20.8 Å². The van der Waals surface area contributed by atoms with Crippen molar-refractivity contribution in [3.05, 3.63) is 41.2 Å². The Bertz CT molecular complexity index is 685. The van der Waals surface area contributed by atoms with Crippen LogP contribution >= 0.6 is 10.7 Å². The van der Waals surface area contributed by atoms with Crippen molar-refractivity contribution in [1.29, 1.82) is 0 Å². The summed E-state index contributed by atoms with van der Waals surface area (Å²) in [6.45, 7) is 2.93. The number of rotatable bonds is 2. The molecular formula is C13H13ClFNO3S. The molecule has 0 radical (unpaired) electrons. The van der Waals surface area contributed by atoms with E-state index in [1.165, 1.54) is 10.5 Å². The molecule has 4 nitrogen and oxygen atoms in total. The average Bonchev–Trinajstić information content (AvgIpc) is 2.37. The Hall–Kier alpha value is -1.40. The highest BCUT2D eigenvalue weighted by atomic mass is 35.7. The molecule has 0 bridgehead atoms. The first-order valence-corrected chi connectivity index (χ1v) is 8.29. The molecule has 0 N–H and O–H groups in total. The van der Waals surface area contributed by atoms with Gasteiger partial charge in [0.05, 0.1) is 10.5 Å². The van der Waals surface area contributed by atoms with E-state index in [0.29, 0.717) is 13.1 Å². The van der Waals surface area contributed by atoms with Crippen LogP contribution in [0.3, 0.4) is 0 Å². The number of carbonyl (C=O) groups is 1. The molecule has 1 amide bonds. The Labute approximate surface area is 121 Å². The quantitative estimate of drug-likeness (QED) is 0.622. The van der Waals surface area contributed by atoms with E-state index in [1.807, 2.05) is 13.0 Å². The fraction of sp³-hybridized carbons (Fsp3) is 0.308. The maximum atomic E-state index is 13.9. The molecule has 108 valence electrons. The topological polar surface area (TPSA) is 54.5 Å². The number of hydrogen-bond donors (Lipinski definition) is 0. The maximum absolute atomic E-state index is 13.9. The molecule has 1 aliphatic heterocycles. The lowest BCUT2D eigenvalue weighted by Gasteiger charge is -2.25. The molecule has 1 aromatic carbocycles. The Morgan fingerprint density at radius 1 is 1.40 bits per heavy atom. The first kappa shape index (κ1) is 15.0. The normalized spacial score (nSPS) is 15.9. The van der Waals surface area contributed by atoms with E-state index in [-0.39, 0.29) is 10.5 Å². The third kappa shape index (κ3) is 3.19. The van der Waals surface area contributed by atoms with Gasteiger partial charge in [0.25, 0.3) is 15.0 Å². The highest BCUT2D eigenvalue weighted by Gasteiger charge is 2.22. The predicted octanol–water partition coefficient (Wildman–Crippen LogP) is 2.55. The molecule has 1 aromatic rings. The van der Waals surface area contributed by atoms with E-state index in [9.17, 15) is 17.6 Å². The predicted molar refractivity (Wildman–Crippen MR) is 73.7 cm³/mol. The van der Waals surface area contributed by atoms with Gasteiger partial charge in [0, 0.05) is 23.8 Å². The largest absolute Gasteiger partial charge is 0.335 e. The van der Waals surface area contributed by atoms with Gasteiger partial charge < -0.3 is 4.90 Å². The third-order valence-corrected chi connectivity index (χ3v) is 4.53. The van der Waals surface area contributed by atoms with Crippen LogP contribution in [0.1, 0.15) is 23.7 Å². The van der Waals surface area contributed by atoms with Crippen molar-refractivity contribution in [2.24, 2.45) is 0 Å². The summed E-state index contributed by atoms with van der Waals surface area (Å²) in [6, 6.07) is 3.04. The van der Waals surface area contributed by atoms with Gasteiger partial charge in [-0.2, -0.15) is 0 Å². The van der Waals surface area contributed by atoms with Crippen molar-refractivity contribution in [3.63, 3.8) is 0 Å². The number of carbonyl (C=O) groups excluding carboxylic acids is 1. The molecule has 7 heteroatoms. The molecule has 0 saturated carbocycles. The van der Waals surface area contributed by atoms with Crippen molar-refractivity contribution in [2.75, 3.05) is 13.1 Å². The highest BCUT2D eigenvalue weighted by molar-refractivity contribution is 8.13. The molecule has 0 aromatic heterocycles. The van der Waals surface area contributed by atoms with E-state index in [2.05, 4.69) is 0 Å². The monoisotopic (exact) mass is 317 g/mol. The first-order valence-electron chi connectivity index (χ1n) is 5.98. The van der Waals surface area contributed by atoms with Gasteiger partial charge in [-0.05, 0) is 31.5 Å². The van der Waals surface area contributed by atoms with Crippen LogP contribution in [0.4, 0.5) is 4.39 Å². The van der Waals surface area contributed by atoms with Crippen molar-refractivity contribution in [3.8, 4) is 0 Å². The van der Waals surface area contributed by atoms with Crippen molar-refractivity contribution >= 4 is 25.6 Å². The standard InChI is InChI=1S/C13H13ClFNO3S/c1-9-4-6-16(7-5-9)13(17)11-3-2-10(8-12(11)15)20(14,18)19/h2-4,8H,5-7H2,1H3. The number of amides is 1. The fourth-order valence-electron chi connectivity index (χ4n) is 1.95. The molecule has 1 heterocycles. The lowest BCUT2D eigenvalue weighted by Crippen LogP contribution is -2.35. The van der Waals surface area contributed by atoms with Gasteiger partial charge in [-0.15, -0.1) is 0 Å². The number of hydrogen-bond acceptors (Lipinski definition) is 3. The second-order valence-electron chi connectivity index (χ2n) is 4.63. The van der Waals surface area contributed by atoms with Gasteiger partial charge in [-0.3, -0.25) is 4.79 Å². The minimum absolute atomic E-state index is 0.151. The lowest BCUT2D eigenvalue weighted by molar-refractivity contribution is 0.0764. The zero-order valence-corrected chi connectivity index (χ0v) is 12.3. The summed E-state index contributed by atoms with van der Waals surface area (Å²) in [6.07, 6.45) is 2.67. The molecule has 0 unspecified atom stereocenters. The third-order valence-electron chi connectivity index (χ3n) is 3.18. The van der Waals surface area contributed by atoms with E-state index in [0.717, 1.165) is 24.6 Å². The molecule has 0 aliphatic carbocycles. The van der Waals surface area contributed by atoms with Crippen molar-refractivity contribution in [2.45, 2.75) is 18.2 Å². The minimum atomic E-state index is -4.00. The van der Waals surface area contributed by atoms with Crippen LogP contribution in [0.15, 0.2) is 34.7 Å². The van der Waals surface area contributed by atoms with Gasteiger partial charge in [-0.25, -0.2) is 12.8 Å². The van der Waals surface area contributed by atoms with Gasteiger partial charge in [0.15, 0.2) is 0 Å². The zero-order valence-electron chi connectivity index (χ0n) is 10.8. The zero-order chi connectivity index (χ0) is 14.9. The van der Waals surface area contributed by atoms with Crippen LogP contribution in [0.2, 0.25) is 0 Å². The number of benzene rings is 1. The molecule has 0 fully saturated rings. The summed E-state index contributed by atoms with van der Waals surface area (Å²) in [7, 11) is 1.13. The van der Waals surface area contributed by atoms with Crippen LogP contribution < -0.4 is 0 Å². The summed E-state index contributed by atoms with van der Waals surface area (Å²) < 4.78 is 36.1. The molecule has 2 rings (SSSR count). The van der Waals surface area contributed by atoms with E-state index in [1.54, 1.807) is 0 Å². The van der Waals surface area contributed by atoms with E-state index >= 15 is 0 Å². The Morgan fingerprint density at radius 2 is 2.10 bits per heavy atom. The van der Waals surface area contributed by atoms with Gasteiger partial charge in [-0.1, -0.05) is 11.6 Å². The molecule has 0 spiro atoms. The average molecular weight is 318 g/mol. The Balaban J connectivity index is 2.28. The highest BCUT2D eigenvalue weighted by Crippen LogP contribution is 2.20. The van der Waals surface area contributed by atoms with E-state index in [4.69, 9.17) is 10.7 Å². The van der Waals surface area contributed by atoms with Crippen LogP contribution in [-0.4, -0.2) is 32.3 Å². The van der Waals surface area contributed by atoms with Gasteiger partial charge >= 0.3 is 0 Å². The molecule has 20 heavy (non-hydrogen) atoms. The van der Waals surface area contributed by atoms with Gasteiger partial charge in [0.2, 0.25) is 0 Å². The summed E-state index contributed by atoms with van der Waals surface area (Å²) in [5, 5.41) is 0.